The molecule has 2 aliphatic heterocycles. The van der Waals surface area contributed by atoms with Crippen LogP contribution in [0.2, 0.25) is 10.0 Å². The quantitative estimate of drug-likeness (QED) is 0.399. The van der Waals surface area contributed by atoms with E-state index in [2.05, 4.69) is 0 Å². The minimum atomic E-state index is -0.359. The van der Waals surface area contributed by atoms with Gasteiger partial charge < -0.3 is 9.80 Å². The third kappa shape index (κ3) is 6.03. The lowest BCUT2D eigenvalue weighted by molar-refractivity contribution is -0.133. The number of likely N-dealkylation sites (tertiary alicyclic amines) is 1. The monoisotopic (exact) mass is 559 g/mol. The van der Waals surface area contributed by atoms with Crippen molar-refractivity contribution < 1.29 is 14.0 Å². The number of rotatable bonds is 7. The molecular formula is C30H36Cl2FN3O2. The number of carbonyl (C=O) groups is 2. The molecule has 0 N–H and O–H groups in total. The van der Waals surface area contributed by atoms with E-state index in [1.165, 1.54) is 32.1 Å². The van der Waals surface area contributed by atoms with E-state index >= 15 is 0 Å². The minimum Gasteiger partial charge on any atom is -0.338 e. The Morgan fingerprint density at radius 1 is 0.868 bits per heavy atom. The van der Waals surface area contributed by atoms with Gasteiger partial charge in [-0.05, 0) is 60.6 Å². The van der Waals surface area contributed by atoms with Gasteiger partial charge in [-0.2, -0.15) is 0 Å². The van der Waals surface area contributed by atoms with Crippen LogP contribution in [0.25, 0.3) is 11.1 Å². The lowest BCUT2D eigenvalue weighted by atomic mass is 9.79. The maximum atomic E-state index is 13.2. The first-order valence-corrected chi connectivity index (χ1v) is 14.6. The molecule has 0 bridgehead atoms. The van der Waals surface area contributed by atoms with E-state index in [1.807, 2.05) is 51.1 Å². The van der Waals surface area contributed by atoms with Crippen molar-refractivity contribution in [1.82, 2.24) is 14.7 Å². The van der Waals surface area contributed by atoms with Gasteiger partial charge in [-0.15, -0.1) is 0 Å². The summed E-state index contributed by atoms with van der Waals surface area (Å²) in [7, 11) is 0. The van der Waals surface area contributed by atoms with Gasteiger partial charge in [0.05, 0.1) is 0 Å². The van der Waals surface area contributed by atoms with Crippen LogP contribution in [-0.4, -0.2) is 72.5 Å². The molecular weight excluding hydrogens is 524 g/mol. The van der Waals surface area contributed by atoms with Crippen LogP contribution in [0.15, 0.2) is 36.4 Å². The van der Waals surface area contributed by atoms with E-state index in [4.69, 9.17) is 23.2 Å². The molecule has 1 atom stereocenters. The number of hydrogen-bond acceptors (Lipinski definition) is 3. The van der Waals surface area contributed by atoms with E-state index in [-0.39, 0.29) is 24.4 Å². The Morgan fingerprint density at radius 2 is 1.53 bits per heavy atom. The molecule has 38 heavy (non-hydrogen) atoms. The van der Waals surface area contributed by atoms with Crippen molar-refractivity contribution in [2.75, 3.05) is 45.9 Å². The zero-order chi connectivity index (χ0) is 26.6. The Morgan fingerprint density at radius 3 is 2.16 bits per heavy atom. The molecule has 2 heterocycles. The lowest BCUT2D eigenvalue weighted by Gasteiger charge is -2.34. The molecule has 8 heteroatoms. The van der Waals surface area contributed by atoms with Crippen LogP contribution >= 0.6 is 23.2 Å². The van der Waals surface area contributed by atoms with Gasteiger partial charge in [-0.1, -0.05) is 54.6 Å². The van der Waals surface area contributed by atoms with E-state index in [9.17, 15) is 14.0 Å². The Bertz CT molecular complexity index is 1120. The summed E-state index contributed by atoms with van der Waals surface area (Å²) in [4.78, 5) is 31.9. The average Bonchev–Trinajstić information content (AvgIpc) is 3.31. The van der Waals surface area contributed by atoms with Crippen LogP contribution in [0.4, 0.5) is 4.39 Å². The van der Waals surface area contributed by atoms with Gasteiger partial charge in [-0.25, -0.2) is 4.39 Å². The maximum absolute atomic E-state index is 13.2. The third-order valence-electron chi connectivity index (χ3n) is 8.57. The first-order valence-electron chi connectivity index (χ1n) is 13.9. The van der Waals surface area contributed by atoms with Crippen LogP contribution in [0.1, 0.15) is 54.4 Å². The van der Waals surface area contributed by atoms with Crippen molar-refractivity contribution in [1.29, 1.82) is 0 Å². The summed E-state index contributed by atoms with van der Waals surface area (Å²) in [6, 6.07) is 11.3. The Hall–Kier alpha value is -2.15. The highest BCUT2D eigenvalue weighted by Crippen LogP contribution is 2.38. The summed E-state index contributed by atoms with van der Waals surface area (Å²) in [5, 5.41) is 1.10. The van der Waals surface area contributed by atoms with Crippen LogP contribution in [0.3, 0.4) is 0 Å². The number of halogens is 3. The molecule has 2 saturated heterocycles. The fraction of sp³-hybridized carbons (Fsp3) is 0.533. The molecule has 0 radical (unpaired) electrons. The number of alkyl halides is 1. The van der Waals surface area contributed by atoms with Gasteiger partial charge in [0.15, 0.2) is 0 Å². The predicted octanol–water partition coefficient (Wildman–Crippen LogP) is 6.32. The highest BCUT2D eigenvalue weighted by atomic mass is 35.5. The Labute approximate surface area is 234 Å². The minimum absolute atomic E-state index is 0.00956. The fourth-order valence-corrected chi connectivity index (χ4v) is 6.89. The van der Waals surface area contributed by atoms with Crippen LogP contribution in [0.5, 0.6) is 0 Å². The van der Waals surface area contributed by atoms with E-state index in [1.54, 1.807) is 0 Å². The first kappa shape index (κ1) is 27.4. The van der Waals surface area contributed by atoms with Gasteiger partial charge in [0, 0.05) is 72.9 Å². The SMILES string of the molecule is O=C(c1ccc(-c2cc(Cl)c(CN3CC[C@@H](C4CCCCC4)C3=O)c(Cl)c2)cc1)N1CCN(CCF)CC1. The highest BCUT2D eigenvalue weighted by Gasteiger charge is 2.37. The standard InChI is InChI=1S/C30H36Cl2FN3O2/c31-27-18-24(21-6-8-23(9-7-21)29(37)35-16-14-34(13-11-33)15-17-35)19-28(32)26(27)20-36-12-10-25(30(36)38)22-4-2-1-3-5-22/h6-9,18-19,22,25H,1-5,10-17,20H2/t25-/m0/s1. The van der Waals surface area contributed by atoms with E-state index in [0.29, 0.717) is 60.8 Å². The van der Waals surface area contributed by atoms with Crippen LogP contribution < -0.4 is 0 Å². The predicted molar refractivity (Wildman–Crippen MR) is 150 cm³/mol. The van der Waals surface area contributed by atoms with Gasteiger partial charge in [0.25, 0.3) is 5.91 Å². The van der Waals surface area contributed by atoms with Crippen LogP contribution in [0, 0.1) is 11.8 Å². The number of nitrogens with zero attached hydrogens (tertiary/aromatic N) is 3. The van der Waals surface area contributed by atoms with Gasteiger partial charge >= 0.3 is 0 Å². The molecule has 5 nitrogen and oxygen atoms in total. The molecule has 1 aliphatic carbocycles. The Balaban J connectivity index is 1.23. The van der Waals surface area contributed by atoms with Crippen molar-refractivity contribution in [3.8, 4) is 11.1 Å². The second-order valence-electron chi connectivity index (χ2n) is 10.9. The fourth-order valence-electron chi connectivity index (χ4n) is 6.29. The van der Waals surface area contributed by atoms with E-state index < -0.39 is 0 Å². The molecule has 2 amide bonds. The van der Waals surface area contributed by atoms with Crippen molar-refractivity contribution in [3.05, 3.63) is 57.6 Å². The Kier molecular flexibility index (Phi) is 8.91. The molecule has 3 fully saturated rings. The van der Waals surface area contributed by atoms with E-state index in [0.717, 1.165) is 29.7 Å². The number of carbonyl (C=O) groups excluding carboxylic acids is 2. The highest BCUT2D eigenvalue weighted by molar-refractivity contribution is 6.36. The molecule has 0 spiro atoms. The zero-order valence-corrected chi connectivity index (χ0v) is 23.3. The van der Waals surface area contributed by atoms with Crippen LogP contribution in [-0.2, 0) is 11.3 Å². The second-order valence-corrected chi connectivity index (χ2v) is 11.7. The van der Waals surface area contributed by atoms with Gasteiger partial charge in [0.1, 0.15) is 6.67 Å². The molecule has 0 unspecified atom stereocenters. The smallest absolute Gasteiger partial charge is 0.253 e. The normalized spacial score (nSPS) is 21.3. The second kappa shape index (κ2) is 12.4. The van der Waals surface area contributed by atoms with Crippen molar-refractivity contribution in [2.24, 2.45) is 11.8 Å². The molecule has 2 aromatic rings. The van der Waals surface area contributed by atoms with Crippen molar-refractivity contribution in [3.63, 3.8) is 0 Å². The molecule has 1 saturated carbocycles. The molecule has 5 rings (SSSR count). The molecule has 3 aliphatic rings. The number of piperazine rings is 1. The number of benzene rings is 2. The average molecular weight is 561 g/mol. The molecule has 204 valence electrons. The maximum Gasteiger partial charge on any atom is 0.253 e. The zero-order valence-electron chi connectivity index (χ0n) is 21.8. The topological polar surface area (TPSA) is 43.9 Å². The summed E-state index contributed by atoms with van der Waals surface area (Å²) in [5.74, 6) is 0.907. The summed E-state index contributed by atoms with van der Waals surface area (Å²) in [5.41, 5.74) is 3.20. The van der Waals surface area contributed by atoms with Crippen molar-refractivity contribution >= 4 is 35.0 Å². The van der Waals surface area contributed by atoms with Gasteiger partial charge in [0.2, 0.25) is 5.91 Å². The summed E-state index contributed by atoms with van der Waals surface area (Å²) in [6.45, 7) is 3.86. The summed E-state index contributed by atoms with van der Waals surface area (Å²) in [6.07, 6.45) is 7.03. The third-order valence-corrected chi connectivity index (χ3v) is 9.25. The summed E-state index contributed by atoms with van der Waals surface area (Å²) < 4.78 is 12.6. The van der Waals surface area contributed by atoms with Crippen molar-refractivity contribution in [2.45, 2.75) is 45.1 Å². The number of hydrogen-bond donors (Lipinski definition) is 0. The lowest BCUT2D eigenvalue weighted by Crippen LogP contribution is -2.49. The molecule has 2 aromatic carbocycles. The van der Waals surface area contributed by atoms with Gasteiger partial charge in [-0.3, -0.25) is 14.5 Å². The largest absolute Gasteiger partial charge is 0.338 e. The first-order chi connectivity index (χ1) is 18.4. The number of amides is 2. The summed E-state index contributed by atoms with van der Waals surface area (Å²) >= 11 is 13.4. The molecule has 0 aromatic heterocycles.